The topological polar surface area (TPSA) is 37.3 Å². The van der Waals surface area contributed by atoms with Gasteiger partial charge in [0.25, 0.3) is 0 Å². The standard InChI is InChI=1S/C19H28O2/c1-11-9-15-12(10-17(11)20)3-4-14-13(15)7-8-19(2)16(14)5-6-18(19)21/h10-11,13-16,18,21H,3-9H2,1-2H3/t11-,13+,14-,15-,16+,18+,19+/m1/s1. The Kier molecular flexibility index (Phi) is 3.12. The van der Waals surface area contributed by atoms with Gasteiger partial charge >= 0.3 is 0 Å². The summed E-state index contributed by atoms with van der Waals surface area (Å²) in [5.41, 5.74) is 1.64. The maximum Gasteiger partial charge on any atom is 0.158 e. The lowest BCUT2D eigenvalue weighted by Crippen LogP contribution is -2.48. The van der Waals surface area contributed by atoms with Crippen LogP contribution in [0, 0.1) is 35.0 Å². The minimum Gasteiger partial charge on any atom is -0.393 e. The largest absolute Gasteiger partial charge is 0.393 e. The van der Waals surface area contributed by atoms with Crippen LogP contribution in [0.2, 0.25) is 0 Å². The Morgan fingerprint density at radius 3 is 2.81 bits per heavy atom. The van der Waals surface area contributed by atoms with Crippen molar-refractivity contribution in [3.8, 4) is 0 Å². The van der Waals surface area contributed by atoms with E-state index in [9.17, 15) is 9.90 Å². The van der Waals surface area contributed by atoms with Gasteiger partial charge in [-0.05, 0) is 80.1 Å². The number of ketones is 1. The molecule has 1 N–H and O–H groups in total. The Morgan fingerprint density at radius 2 is 2.00 bits per heavy atom. The summed E-state index contributed by atoms with van der Waals surface area (Å²) in [6, 6.07) is 0. The predicted molar refractivity (Wildman–Crippen MR) is 82.6 cm³/mol. The molecule has 116 valence electrons. The Morgan fingerprint density at radius 1 is 1.19 bits per heavy atom. The molecule has 4 aliphatic rings. The average Bonchev–Trinajstić information content (AvgIpc) is 2.76. The molecule has 0 amide bonds. The molecule has 0 bridgehead atoms. The molecule has 0 spiro atoms. The third-order valence-corrected chi connectivity index (χ3v) is 7.62. The Bertz CT molecular complexity index is 494. The number of fused-ring (bicyclic) bond motifs is 5. The Hall–Kier alpha value is -0.630. The molecule has 0 heterocycles. The molecule has 3 saturated carbocycles. The minimum atomic E-state index is -0.0766. The van der Waals surface area contributed by atoms with E-state index in [1.54, 1.807) is 0 Å². The number of hydrogen-bond acceptors (Lipinski definition) is 2. The number of carbonyl (C=O) groups is 1. The van der Waals surface area contributed by atoms with Crippen LogP contribution in [0.25, 0.3) is 0 Å². The maximum atomic E-state index is 12.0. The van der Waals surface area contributed by atoms with Crippen molar-refractivity contribution in [3.63, 3.8) is 0 Å². The van der Waals surface area contributed by atoms with E-state index >= 15 is 0 Å². The van der Waals surface area contributed by atoms with Crippen LogP contribution in [0.3, 0.4) is 0 Å². The zero-order valence-electron chi connectivity index (χ0n) is 13.3. The fourth-order valence-electron chi connectivity index (χ4n) is 6.33. The molecule has 3 fully saturated rings. The fourth-order valence-corrected chi connectivity index (χ4v) is 6.33. The lowest BCUT2D eigenvalue weighted by molar-refractivity contribution is -0.119. The van der Waals surface area contributed by atoms with E-state index in [1.807, 2.05) is 6.08 Å². The van der Waals surface area contributed by atoms with Crippen LogP contribution in [-0.2, 0) is 4.79 Å². The molecule has 2 nitrogen and oxygen atoms in total. The molecule has 4 rings (SSSR count). The van der Waals surface area contributed by atoms with Gasteiger partial charge in [0.15, 0.2) is 5.78 Å². The normalized spacial score (nSPS) is 52.7. The molecular weight excluding hydrogens is 260 g/mol. The van der Waals surface area contributed by atoms with Gasteiger partial charge < -0.3 is 5.11 Å². The van der Waals surface area contributed by atoms with Crippen LogP contribution in [0.15, 0.2) is 11.6 Å². The zero-order valence-corrected chi connectivity index (χ0v) is 13.3. The number of hydrogen-bond donors (Lipinski definition) is 1. The molecule has 0 saturated heterocycles. The minimum absolute atomic E-state index is 0.0766. The highest BCUT2D eigenvalue weighted by molar-refractivity contribution is 5.93. The van der Waals surface area contributed by atoms with E-state index < -0.39 is 0 Å². The Labute approximate surface area is 128 Å². The van der Waals surface area contributed by atoms with Crippen LogP contribution in [0.4, 0.5) is 0 Å². The molecule has 0 aliphatic heterocycles. The SMILES string of the molecule is C[C@@H]1C[C@@H]2C(=CC1=O)CC[C@@H]1[C@@H]2CC[C@]2(C)[C@@H](O)CC[C@@H]12. The maximum absolute atomic E-state index is 12.0. The number of carbonyl (C=O) groups excluding carboxylic acids is 1. The summed E-state index contributed by atoms with van der Waals surface area (Å²) in [5, 5.41) is 10.4. The summed E-state index contributed by atoms with van der Waals surface area (Å²) in [4.78, 5) is 12.0. The summed E-state index contributed by atoms with van der Waals surface area (Å²) in [6.45, 7) is 4.44. The molecule has 7 atom stereocenters. The first-order valence-corrected chi connectivity index (χ1v) is 8.93. The molecule has 0 aromatic rings. The third-order valence-electron chi connectivity index (χ3n) is 7.62. The van der Waals surface area contributed by atoms with Crippen LogP contribution in [0.5, 0.6) is 0 Å². The van der Waals surface area contributed by atoms with Crippen LogP contribution >= 0.6 is 0 Å². The number of rotatable bonds is 0. The van der Waals surface area contributed by atoms with Gasteiger partial charge in [0.2, 0.25) is 0 Å². The quantitative estimate of drug-likeness (QED) is 0.737. The first kappa shape index (κ1) is 14.0. The van der Waals surface area contributed by atoms with Gasteiger partial charge in [0, 0.05) is 5.92 Å². The summed E-state index contributed by atoms with van der Waals surface area (Å²) in [6.07, 6.45) is 10.1. The second-order valence-corrected chi connectivity index (χ2v) is 8.48. The highest BCUT2D eigenvalue weighted by atomic mass is 16.3. The van der Waals surface area contributed by atoms with Crippen molar-refractivity contribution in [1.29, 1.82) is 0 Å². The monoisotopic (exact) mass is 288 g/mol. The highest BCUT2D eigenvalue weighted by Gasteiger charge is 2.56. The van der Waals surface area contributed by atoms with Gasteiger partial charge in [-0.15, -0.1) is 0 Å². The van der Waals surface area contributed by atoms with Crippen molar-refractivity contribution in [2.75, 3.05) is 0 Å². The molecular formula is C19H28O2. The van der Waals surface area contributed by atoms with Gasteiger partial charge in [-0.1, -0.05) is 19.4 Å². The first-order chi connectivity index (χ1) is 10.0. The number of aliphatic hydroxyl groups is 1. The Balaban J connectivity index is 1.63. The number of aliphatic hydroxyl groups excluding tert-OH is 1. The van der Waals surface area contributed by atoms with Gasteiger partial charge in [-0.3, -0.25) is 4.79 Å². The van der Waals surface area contributed by atoms with Gasteiger partial charge in [-0.2, -0.15) is 0 Å². The summed E-state index contributed by atoms with van der Waals surface area (Å²) in [5.74, 6) is 3.54. The summed E-state index contributed by atoms with van der Waals surface area (Å²) in [7, 11) is 0. The van der Waals surface area contributed by atoms with Crippen molar-refractivity contribution in [2.45, 2.75) is 64.9 Å². The molecule has 0 unspecified atom stereocenters. The second-order valence-electron chi connectivity index (χ2n) is 8.48. The van der Waals surface area contributed by atoms with E-state index in [-0.39, 0.29) is 17.4 Å². The van der Waals surface area contributed by atoms with Crippen molar-refractivity contribution in [3.05, 3.63) is 11.6 Å². The molecule has 0 aromatic carbocycles. The second kappa shape index (κ2) is 4.68. The number of allylic oxidation sites excluding steroid dienone is 1. The molecule has 0 aromatic heterocycles. The molecule has 21 heavy (non-hydrogen) atoms. The zero-order chi connectivity index (χ0) is 14.8. The lowest BCUT2D eigenvalue weighted by Gasteiger charge is -2.53. The third kappa shape index (κ3) is 1.91. The predicted octanol–water partition coefficient (Wildman–Crippen LogP) is 3.74. The smallest absolute Gasteiger partial charge is 0.158 e. The van der Waals surface area contributed by atoms with Crippen LogP contribution < -0.4 is 0 Å². The van der Waals surface area contributed by atoms with E-state index in [2.05, 4.69) is 13.8 Å². The summed E-state index contributed by atoms with van der Waals surface area (Å²) < 4.78 is 0. The van der Waals surface area contributed by atoms with Crippen molar-refractivity contribution >= 4 is 5.78 Å². The van der Waals surface area contributed by atoms with Crippen LogP contribution in [0.1, 0.15) is 58.8 Å². The van der Waals surface area contributed by atoms with E-state index in [0.717, 1.165) is 37.0 Å². The van der Waals surface area contributed by atoms with Gasteiger partial charge in [0.05, 0.1) is 6.10 Å². The van der Waals surface area contributed by atoms with Crippen LogP contribution in [-0.4, -0.2) is 17.0 Å². The van der Waals surface area contributed by atoms with E-state index in [4.69, 9.17) is 0 Å². The lowest BCUT2D eigenvalue weighted by atomic mass is 9.51. The van der Waals surface area contributed by atoms with E-state index in [1.165, 1.54) is 31.3 Å². The molecule has 0 radical (unpaired) electrons. The fraction of sp³-hybridized carbons (Fsp3) is 0.842. The first-order valence-electron chi connectivity index (χ1n) is 8.93. The van der Waals surface area contributed by atoms with Gasteiger partial charge in [-0.25, -0.2) is 0 Å². The highest BCUT2D eigenvalue weighted by Crippen LogP contribution is 2.61. The summed E-state index contributed by atoms with van der Waals surface area (Å²) >= 11 is 0. The van der Waals surface area contributed by atoms with Crippen molar-refractivity contribution in [2.24, 2.45) is 35.0 Å². The van der Waals surface area contributed by atoms with E-state index in [0.29, 0.717) is 11.7 Å². The van der Waals surface area contributed by atoms with Gasteiger partial charge in [0.1, 0.15) is 0 Å². The van der Waals surface area contributed by atoms with Crippen molar-refractivity contribution < 1.29 is 9.90 Å². The average molecular weight is 288 g/mol. The molecule has 4 aliphatic carbocycles. The molecule has 2 heteroatoms. The van der Waals surface area contributed by atoms with Crippen molar-refractivity contribution in [1.82, 2.24) is 0 Å².